The van der Waals surface area contributed by atoms with Crippen LogP contribution in [0.2, 0.25) is 0 Å². The first kappa shape index (κ1) is 26.8. The Kier molecular flexibility index (Phi) is 8.40. The summed E-state index contributed by atoms with van der Waals surface area (Å²) in [5.41, 5.74) is 2.52. The van der Waals surface area contributed by atoms with E-state index in [0.29, 0.717) is 12.5 Å². The lowest BCUT2D eigenvalue weighted by Gasteiger charge is -2.38. The molecule has 2 aromatic heterocycles. The van der Waals surface area contributed by atoms with E-state index in [4.69, 9.17) is 4.98 Å². The van der Waals surface area contributed by atoms with Crippen LogP contribution in [0.3, 0.4) is 0 Å². The maximum Gasteiger partial charge on any atom is 0.331 e. The molecule has 0 saturated carbocycles. The summed E-state index contributed by atoms with van der Waals surface area (Å²) in [4.78, 5) is 38.1. The Bertz CT molecular complexity index is 1440. The first-order valence-corrected chi connectivity index (χ1v) is 12.9. The van der Waals surface area contributed by atoms with Crippen LogP contribution in [0.4, 0.5) is 21.1 Å². The Morgan fingerprint density at radius 3 is 2.45 bits per heavy atom. The maximum atomic E-state index is 13.4. The van der Waals surface area contributed by atoms with Gasteiger partial charge in [0.1, 0.15) is 5.82 Å². The molecule has 1 saturated heterocycles. The standard InChI is InChI=1S/C26H28FN7O2.C2H6/c1-28-26(36)34-23(35)11-14-29-24(34)31(2)20-12-15-32(16-13-20)25-30-21-5-3-4-6-22(21)33(25)17-18-7-9-19(27)10-8-18;1-2/h3-11,14,20H,12-13,15-17H2,1-2H3,(H,28,36);1-2H3. The number of piperidine rings is 1. The summed E-state index contributed by atoms with van der Waals surface area (Å²) >= 11 is 0. The van der Waals surface area contributed by atoms with Crippen molar-refractivity contribution in [2.75, 3.05) is 37.0 Å². The average molecular weight is 520 g/mol. The summed E-state index contributed by atoms with van der Waals surface area (Å²) in [6.45, 7) is 6.08. The summed E-state index contributed by atoms with van der Waals surface area (Å²) in [5.74, 6) is 0.945. The summed E-state index contributed by atoms with van der Waals surface area (Å²) in [5, 5.41) is 2.51. The van der Waals surface area contributed by atoms with Crippen LogP contribution in [0.15, 0.2) is 65.6 Å². The van der Waals surface area contributed by atoms with Gasteiger partial charge in [0.05, 0.1) is 17.6 Å². The quantitative estimate of drug-likeness (QED) is 0.427. The summed E-state index contributed by atoms with van der Waals surface area (Å²) in [7, 11) is 3.35. The number of para-hydroxylation sites is 2. The second kappa shape index (κ2) is 11.9. The lowest BCUT2D eigenvalue weighted by atomic mass is 10.0. The second-order valence-corrected chi connectivity index (χ2v) is 8.92. The van der Waals surface area contributed by atoms with Crippen LogP contribution >= 0.6 is 0 Å². The van der Waals surface area contributed by atoms with E-state index in [-0.39, 0.29) is 11.9 Å². The van der Waals surface area contributed by atoms with Gasteiger partial charge in [-0.15, -0.1) is 0 Å². The Morgan fingerprint density at radius 1 is 1.08 bits per heavy atom. The number of imidazole rings is 1. The van der Waals surface area contributed by atoms with Crippen molar-refractivity contribution in [3.63, 3.8) is 0 Å². The number of carbonyl (C=O) groups is 1. The van der Waals surface area contributed by atoms with Gasteiger partial charge in [0.2, 0.25) is 11.9 Å². The third-order valence-electron chi connectivity index (χ3n) is 6.74. The third kappa shape index (κ3) is 5.39. The molecular weight excluding hydrogens is 485 g/mol. The number of nitrogens with one attached hydrogen (secondary N) is 1. The first-order valence-electron chi connectivity index (χ1n) is 12.9. The molecule has 200 valence electrons. The molecule has 1 aliphatic heterocycles. The van der Waals surface area contributed by atoms with Crippen molar-refractivity contribution in [2.24, 2.45) is 0 Å². The maximum absolute atomic E-state index is 13.4. The number of anilines is 2. The molecule has 4 aromatic rings. The van der Waals surface area contributed by atoms with Crippen LogP contribution in [-0.4, -0.2) is 58.4 Å². The summed E-state index contributed by atoms with van der Waals surface area (Å²) in [6.07, 6.45) is 3.03. The molecule has 5 rings (SSSR count). The minimum Gasteiger partial charge on any atom is -0.342 e. The number of aromatic nitrogens is 4. The van der Waals surface area contributed by atoms with Gasteiger partial charge < -0.3 is 19.7 Å². The molecule has 10 heteroatoms. The number of fused-ring (bicyclic) bond motifs is 1. The lowest BCUT2D eigenvalue weighted by molar-refractivity contribution is 0.243. The first-order chi connectivity index (χ1) is 18.5. The van der Waals surface area contributed by atoms with Crippen LogP contribution < -0.4 is 20.7 Å². The molecule has 0 aliphatic carbocycles. The molecule has 0 bridgehead atoms. The molecule has 2 aromatic carbocycles. The molecule has 0 spiro atoms. The van der Waals surface area contributed by atoms with Crippen molar-refractivity contribution >= 4 is 29.0 Å². The van der Waals surface area contributed by atoms with E-state index in [1.807, 2.05) is 44.0 Å². The molecule has 0 atom stereocenters. The van der Waals surface area contributed by atoms with E-state index in [2.05, 4.69) is 25.8 Å². The fraction of sp³-hybridized carbons (Fsp3) is 0.357. The van der Waals surface area contributed by atoms with Crippen LogP contribution in [0.5, 0.6) is 0 Å². The fourth-order valence-electron chi connectivity index (χ4n) is 4.80. The summed E-state index contributed by atoms with van der Waals surface area (Å²) < 4.78 is 16.7. The fourth-order valence-corrected chi connectivity index (χ4v) is 4.80. The smallest absolute Gasteiger partial charge is 0.331 e. The zero-order valence-corrected chi connectivity index (χ0v) is 22.3. The molecule has 0 radical (unpaired) electrons. The minimum atomic E-state index is -0.512. The molecule has 0 unspecified atom stereocenters. The highest BCUT2D eigenvalue weighted by Gasteiger charge is 2.28. The van der Waals surface area contributed by atoms with Gasteiger partial charge in [0.25, 0.3) is 5.56 Å². The topological polar surface area (TPSA) is 88.3 Å². The second-order valence-electron chi connectivity index (χ2n) is 8.92. The highest BCUT2D eigenvalue weighted by atomic mass is 19.1. The van der Waals surface area contributed by atoms with Gasteiger partial charge in [0, 0.05) is 45.5 Å². The zero-order chi connectivity index (χ0) is 27.2. The average Bonchev–Trinajstić information content (AvgIpc) is 3.32. The van der Waals surface area contributed by atoms with Crippen molar-refractivity contribution < 1.29 is 9.18 Å². The van der Waals surface area contributed by atoms with Crippen molar-refractivity contribution in [3.8, 4) is 0 Å². The Labute approximate surface area is 221 Å². The van der Waals surface area contributed by atoms with Gasteiger partial charge in [-0.1, -0.05) is 38.1 Å². The minimum absolute atomic E-state index is 0.0985. The number of nitrogens with zero attached hydrogens (tertiary/aromatic N) is 6. The van der Waals surface area contributed by atoms with E-state index in [1.165, 1.54) is 31.4 Å². The number of benzene rings is 2. The normalized spacial score (nSPS) is 13.7. The molecule has 3 heterocycles. The van der Waals surface area contributed by atoms with E-state index < -0.39 is 11.6 Å². The van der Waals surface area contributed by atoms with Gasteiger partial charge in [-0.25, -0.2) is 19.2 Å². The SMILES string of the molecule is CC.CNC(=O)n1c(N(C)C2CCN(c3nc4ccccc4n3Cc3ccc(F)cc3)CC2)nccc1=O. The van der Waals surface area contributed by atoms with Crippen molar-refractivity contribution in [1.82, 2.24) is 24.4 Å². The van der Waals surface area contributed by atoms with Gasteiger partial charge in [-0.2, -0.15) is 4.57 Å². The molecule has 1 N–H and O–H groups in total. The number of amides is 1. The van der Waals surface area contributed by atoms with E-state index >= 15 is 0 Å². The highest BCUT2D eigenvalue weighted by Crippen LogP contribution is 2.28. The van der Waals surface area contributed by atoms with E-state index in [0.717, 1.165) is 53.0 Å². The molecule has 1 aliphatic rings. The monoisotopic (exact) mass is 519 g/mol. The Morgan fingerprint density at radius 2 is 1.76 bits per heavy atom. The molecule has 1 amide bonds. The number of halogens is 1. The van der Waals surface area contributed by atoms with Crippen molar-refractivity contribution in [2.45, 2.75) is 39.3 Å². The van der Waals surface area contributed by atoms with Crippen molar-refractivity contribution in [3.05, 3.63) is 82.5 Å². The zero-order valence-electron chi connectivity index (χ0n) is 22.3. The largest absolute Gasteiger partial charge is 0.342 e. The molecule has 9 nitrogen and oxygen atoms in total. The van der Waals surface area contributed by atoms with Crippen LogP contribution in [-0.2, 0) is 6.54 Å². The van der Waals surface area contributed by atoms with E-state index in [1.54, 1.807) is 12.1 Å². The Hall–Kier alpha value is -4.21. The number of hydrogen-bond donors (Lipinski definition) is 1. The number of carbonyl (C=O) groups excluding carboxylic acids is 1. The van der Waals surface area contributed by atoms with Gasteiger partial charge in [0.15, 0.2) is 0 Å². The van der Waals surface area contributed by atoms with Crippen LogP contribution in [0, 0.1) is 5.82 Å². The van der Waals surface area contributed by atoms with Crippen LogP contribution in [0.25, 0.3) is 11.0 Å². The van der Waals surface area contributed by atoms with Crippen molar-refractivity contribution in [1.29, 1.82) is 0 Å². The molecular formula is C28H34FN7O2. The van der Waals surface area contributed by atoms with Gasteiger partial charge in [-0.05, 0) is 42.7 Å². The number of rotatable bonds is 5. The van der Waals surface area contributed by atoms with Gasteiger partial charge >= 0.3 is 6.03 Å². The van der Waals surface area contributed by atoms with Crippen LogP contribution in [0.1, 0.15) is 32.3 Å². The predicted octanol–water partition coefficient (Wildman–Crippen LogP) is 4.10. The Balaban J connectivity index is 0.00000164. The highest BCUT2D eigenvalue weighted by molar-refractivity contribution is 5.80. The lowest BCUT2D eigenvalue weighted by Crippen LogP contribution is -2.47. The summed E-state index contributed by atoms with van der Waals surface area (Å²) in [6, 6.07) is 15.4. The predicted molar refractivity (Wildman–Crippen MR) is 149 cm³/mol. The number of hydrogen-bond acceptors (Lipinski definition) is 6. The molecule has 38 heavy (non-hydrogen) atoms. The molecule has 1 fully saturated rings. The van der Waals surface area contributed by atoms with E-state index in [9.17, 15) is 14.0 Å². The third-order valence-corrected chi connectivity index (χ3v) is 6.74. The van der Waals surface area contributed by atoms with Gasteiger partial charge in [-0.3, -0.25) is 4.79 Å².